The summed E-state index contributed by atoms with van der Waals surface area (Å²) in [6, 6.07) is 0. The van der Waals surface area contributed by atoms with Crippen LogP contribution < -0.4 is 0 Å². The highest BCUT2D eigenvalue weighted by molar-refractivity contribution is 5.07. The molecule has 1 heterocycles. The van der Waals surface area contributed by atoms with Gasteiger partial charge in [-0.3, -0.25) is 0 Å². The second-order valence-corrected chi connectivity index (χ2v) is 11.3. The first-order valence-corrected chi connectivity index (χ1v) is 13.0. The highest BCUT2D eigenvalue weighted by Gasteiger charge is 2.46. The zero-order chi connectivity index (χ0) is 25.1. The molecule has 33 heavy (non-hydrogen) atoms. The van der Waals surface area contributed by atoms with Crippen LogP contribution in [0.15, 0.2) is 46.6 Å². The van der Waals surface area contributed by atoms with Crippen LogP contribution >= 0.6 is 0 Å². The first kappa shape index (κ1) is 29.9. The lowest BCUT2D eigenvalue weighted by Gasteiger charge is -2.33. The van der Waals surface area contributed by atoms with Crippen LogP contribution in [0.2, 0.25) is 0 Å². The fourth-order valence-corrected chi connectivity index (χ4v) is 4.37. The van der Waals surface area contributed by atoms with Crippen LogP contribution in [0.1, 0.15) is 120 Å². The summed E-state index contributed by atoms with van der Waals surface area (Å²) in [5, 5.41) is 20.9. The molecule has 3 atom stereocenters. The van der Waals surface area contributed by atoms with Crippen molar-refractivity contribution in [2.75, 3.05) is 0 Å². The van der Waals surface area contributed by atoms with Crippen molar-refractivity contribution in [1.82, 2.24) is 0 Å². The number of aliphatic hydroxyl groups is 2. The highest BCUT2D eigenvalue weighted by Crippen LogP contribution is 2.38. The summed E-state index contributed by atoms with van der Waals surface area (Å²) in [6.07, 6.45) is 18.5. The molecule has 3 nitrogen and oxygen atoms in total. The van der Waals surface area contributed by atoms with E-state index >= 15 is 0 Å². The van der Waals surface area contributed by atoms with Crippen LogP contribution in [0.5, 0.6) is 0 Å². The number of unbranched alkanes of at least 4 members (excludes halogenated alkanes) is 1. The summed E-state index contributed by atoms with van der Waals surface area (Å²) in [7, 11) is 0. The first-order valence-electron chi connectivity index (χ1n) is 13.0. The quantitative estimate of drug-likeness (QED) is 0.204. The number of ether oxygens (including phenoxy) is 1. The van der Waals surface area contributed by atoms with E-state index in [4.69, 9.17) is 4.74 Å². The van der Waals surface area contributed by atoms with Crippen molar-refractivity contribution >= 4 is 0 Å². The van der Waals surface area contributed by atoms with Gasteiger partial charge >= 0.3 is 0 Å². The Hall–Kier alpha value is -1.16. The Morgan fingerprint density at radius 1 is 0.879 bits per heavy atom. The Morgan fingerprint density at radius 3 is 1.85 bits per heavy atom. The summed E-state index contributed by atoms with van der Waals surface area (Å²) >= 11 is 0. The van der Waals surface area contributed by atoms with Crippen LogP contribution in [-0.4, -0.2) is 33.6 Å². The van der Waals surface area contributed by atoms with Crippen LogP contribution in [-0.2, 0) is 4.74 Å². The van der Waals surface area contributed by atoms with E-state index in [-0.39, 0.29) is 6.10 Å². The third-order valence-electron chi connectivity index (χ3n) is 6.89. The molecule has 0 aliphatic carbocycles. The van der Waals surface area contributed by atoms with E-state index in [2.05, 4.69) is 58.9 Å². The van der Waals surface area contributed by atoms with Gasteiger partial charge in [-0.1, -0.05) is 46.6 Å². The molecule has 3 heteroatoms. The number of aliphatic hydroxyl groups excluding tert-OH is 1. The Labute approximate surface area is 204 Å². The van der Waals surface area contributed by atoms with E-state index in [9.17, 15) is 10.2 Å². The molecule has 0 bridgehead atoms. The van der Waals surface area contributed by atoms with Crippen LogP contribution in [0, 0.1) is 0 Å². The summed E-state index contributed by atoms with van der Waals surface area (Å²) < 4.78 is 6.07. The van der Waals surface area contributed by atoms with Gasteiger partial charge in [-0.15, -0.1) is 0 Å². The van der Waals surface area contributed by atoms with Crippen molar-refractivity contribution in [3.63, 3.8) is 0 Å². The van der Waals surface area contributed by atoms with Crippen molar-refractivity contribution < 1.29 is 14.9 Å². The lowest BCUT2D eigenvalue weighted by molar-refractivity contribution is -0.153. The standard InChI is InChI=1S/C30H52O3/c1-23(2)13-11-16-25(4)18-12-17-24(3)14-9-10-15-26(5)19-20-27(31)30(8)22-21-28(33-30)29(6,7)32/h13-15,18,27-28,31-32H,9-12,16-17,19-22H2,1-8H3/b24-14+,25-18+,26-15+/t27-,28+,30+/m0/s1. The molecule has 0 aromatic carbocycles. The smallest absolute Gasteiger partial charge is 0.0918 e. The molecular formula is C30H52O3. The SMILES string of the molecule is CC(C)=CCC/C(C)=C/CC/C(C)=C/CC/C=C(\C)CC[C@H](O)[C@@]1(C)CC[C@H](C(C)(C)O)O1. The molecule has 0 saturated carbocycles. The second-order valence-electron chi connectivity index (χ2n) is 11.3. The molecule has 0 amide bonds. The minimum Gasteiger partial charge on any atom is -0.390 e. The lowest BCUT2D eigenvalue weighted by atomic mass is 9.90. The van der Waals surface area contributed by atoms with E-state index in [0.717, 1.165) is 57.8 Å². The van der Waals surface area contributed by atoms with Crippen molar-refractivity contribution in [3.05, 3.63) is 46.6 Å². The van der Waals surface area contributed by atoms with Crippen LogP contribution in [0.3, 0.4) is 0 Å². The van der Waals surface area contributed by atoms with Gasteiger partial charge in [0, 0.05) is 0 Å². The summed E-state index contributed by atoms with van der Waals surface area (Å²) in [5.74, 6) is 0. The average molecular weight is 461 g/mol. The number of hydrogen-bond donors (Lipinski definition) is 2. The topological polar surface area (TPSA) is 49.7 Å². The maximum absolute atomic E-state index is 10.7. The molecule has 1 rings (SSSR count). The third-order valence-corrected chi connectivity index (χ3v) is 6.89. The zero-order valence-electron chi connectivity index (χ0n) is 22.8. The van der Waals surface area contributed by atoms with Gasteiger partial charge in [-0.05, 0) is 120 Å². The maximum Gasteiger partial charge on any atom is 0.0918 e. The van der Waals surface area contributed by atoms with Gasteiger partial charge in [0.25, 0.3) is 0 Å². The second kappa shape index (κ2) is 14.3. The summed E-state index contributed by atoms with van der Waals surface area (Å²) in [5.41, 5.74) is 4.28. The molecule has 1 saturated heterocycles. The average Bonchev–Trinajstić information content (AvgIpc) is 3.13. The number of hydrogen-bond acceptors (Lipinski definition) is 3. The molecule has 190 valence electrons. The Morgan fingerprint density at radius 2 is 1.36 bits per heavy atom. The van der Waals surface area contributed by atoms with Crippen molar-refractivity contribution in [1.29, 1.82) is 0 Å². The molecule has 0 aromatic rings. The van der Waals surface area contributed by atoms with E-state index in [1.165, 1.54) is 22.3 Å². The largest absolute Gasteiger partial charge is 0.390 e. The number of rotatable bonds is 14. The Kier molecular flexibility index (Phi) is 12.9. The molecular weight excluding hydrogens is 408 g/mol. The van der Waals surface area contributed by atoms with Gasteiger partial charge in [0.05, 0.1) is 23.4 Å². The molecule has 0 aromatic heterocycles. The van der Waals surface area contributed by atoms with Crippen LogP contribution in [0.4, 0.5) is 0 Å². The molecule has 0 spiro atoms. The van der Waals surface area contributed by atoms with Crippen molar-refractivity contribution in [3.8, 4) is 0 Å². The molecule has 0 unspecified atom stereocenters. The minimum absolute atomic E-state index is 0.203. The maximum atomic E-state index is 10.7. The van der Waals surface area contributed by atoms with Gasteiger partial charge in [-0.25, -0.2) is 0 Å². The molecule has 1 fully saturated rings. The summed E-state index contributed by atoms with van der Waals surface area (Å²) in [6.45, 7) is 16.5. The fourth-order valence-electron chi connectivity index (χ4n) is 4.37. The van der Waals surface area contributed by atoms with E-state index < -0.39 is 17.3 Å². The predicted octanol–water partition coefficient (Wildman–Crippen LogP) is 7.98. The molecule has 0 radical (unpaired) electrons. The molecule has 2 N–H and O–H groups in total. The van der Waals surface area contributed by atoms with E-state index in [0.29, 0.717) is 6.42 Å². The van der Waals surface area contributed by atoms with Gasteiger partial charge < -0.3 is 14.9 Å². The van der Waals surface area contributed by atoms with E-state index in [1.54, 1.807) is 13.8 Å². The highest BCUT2D eigenvalue weighted by atomic mass is 16.5. The van der Waals surface area contributed by atoms with E-state index in [1.807, 2.05) is 6.92 Å². The lowest BCUT2D eigenvalue weighted by Crippen LogP contribution is -2.43. The minimum atomic E-state index is -0.862. The predicted molar refractivity (Wildman–Crippen MR) is 142 cm³/mol. The van der Waals surface area contributed by atoms with Gasteiger partial charge in [0.2, 0.25) is 0 Å². The molecule has 1 aliphatic rings. The Balaban J connectivity index is 2.31. The normalized spacial score (nSPS) is 23.7. The fraction of sp³-hybridized carbons (Fsp3) is 0.733. The number of allylic oxidation sites excluding steroid dienone is 8. The third kappa shape index (κ3) is 12.2. The zero-order valence-corrected chi connectivity index (χ0v) is 22.8. The van der Waals surface area contributed by atoms with Crippen LogP contribution in [0.25, 0.3) is 0 Å². The van der Waals surface area contributed by atoms with Gasteiger partial charge in [0.1, 0.15) is 0 Å². The van der Waals surface area contributed by atoms with Gasteiger partial charge in [-0.2, -0.15) is 0 Å². The Bertz CT molecular complexity index is 701. The van der Waals surface area contributed by atoms with Crippen molar-refractivity contribution in [2.45, 2.75) is 143 Å². The van der Waals surface area contributed by atoms with Crippen molar-refractivity contribution in [2.24, 2.45) is 0 Å². The summed E-state index contributed by atoms with van der Waals surface area (Å²) in [4.78, 5) is 0. The monoisotopic (exact) mass is 460 g/mol. The first-order chi connectivity index (χ1) is 15.3. The molecule has 1 aliphatic heterocycles. The van der Waals surface area contributed by atoms with Gasteiger partial charge in [0.15, 0.2) is 0 Å².